The quantitative estimate of drug-likeness (QED) is 0.241. The number of benzene rings is 3. The average molecular weight is 526 g/mol. The van der Waals surface area contributed by atoms with Crippen molar-refractivity contribution in [3.63, 3.8) is 0 Å². The van der Waals surface area contributed by atoms with Gasteiger partial charge in [-0.2, -0.15) is 0 Å². The number of carbonyl (C=O) groups is 1. The summed E-state index contributed by atoms with van der Waals surface area (Å²) in [5.74, 6) is 1.25. The van der Waals surface area contributed by atoms with E-state index in [-0.39, 0.29) is 12.6 Å². The van der Waals surface area contributed by atoms with E-state index in [2.05, 4.69) is 46.8 Å². The number of carbonyl (C=O) groups excluding carboxylic acids is 1. The summed E-state index contributed by atoms with van der Waals surface area (Å²) in [4.78, 5) is 12.6. The Balaban J connectivity index is 1.56. The molecule has 180 valence electrons. The van der Waals surface area contributed by atoms with Gasteiger partial charge >= 0.3 is 6.03 Å². The minimum Gasteiger partial charge on any atom is -0.331 e. The number of hydrogen-bond donors (Lipinski definition) is 2. The van der Waals surface area contributed by atoms with Gasteiger partial charge in [0.05, 0.1) is 17.3 Å². The molecule has 6 nitrogen and oxygen atoms in total. The van der Waals surface area contributed by atoms with Crippen LogP contribution in [0.3, 0.4) is 0 Å². The van der Waals surface area contributed by atoms with Crippen LogP contribution in [0.25, 0.3) is 5.69 Å². The van der Waals surface area contributed by atoms with Gasteiger partial charge in [-0.05, 0) is 60.4 Å². The zero-order valence-electron chi connectivity index (χ0n) is 19.4. The molecule has 0 fully saturated rings. The molecule has 4 aromatic rings. The molecule has 0 unspecified atom stereocenters. The normalized spacial score (nSPS) is 10.9. The van der Waals surface area contributed by atoms with Crippen LogP contribution in [-0.4, -0.2) is 20.8 Å². The number of anilines is 1. The third kappa shape index (κ3) is 6.36. The Hall–Kier alpha value is -3.00. The summed E-state index contributed by atoms with van der Waals surface area (Å²) in [6.07, 6.45) is 0.892. The van der Waals surface area contributed by atoms with Gasteiger partial charge in [-0.3, -0.25) is 4.57 Å². The van der Waals surface area contributed by atoms with E-state index in [0.29, 0.717) is 32.5 Å². The number of nitrogens with zero attached hydrogens (tertiary/aromatic N) is 3. The third-order valence-corrected chi connectivity index (χ3v) is 7.00. The third-order valence-electron chi connectivity index (χ3n) is 5.47. The highest BCUT2D eigenvalue weighted by Crippen LogP contribution is 2.31. The zero-order chi connectivity index (χ0) is 24.8. The Morgan fingerprint density at radius 1 is 1.03 bits per heavy atom. The standard InChI is InChI=1S/C26H25Cl2N5OS/c1-3-18-8-6-10-21(13-18)30-25(34)29-15-24-31-32-26(35-16-19-9-5-4-7-17(19)2)33(24)23-14-20(27)11-12-22(23)28/h4-14H,3,15-16H2,1-2H3,(H2,29,30,34). The Kier molecular flexibility index (Phi) is 8.33. The molecule has 0 radical (unpaired) electrons. The number of urea groups is 1. The molecule has 0 aliphatic rings. The van der Waals surface area contributed by atoms with Gasteiger partial charge < -0.3 is 10.6 Å². The molecule has 0 atom stereocenters. The molecule has 9 heteroatoms. The molecule has 0 aliphatic carbocycles. The van der Waals surface area contributed by atoms with Crippen LogP contribution in [0.5, 0.6) is 0 Å². The van der Waals surface area contributed by atoms with Crippen LogP contribution in [0.1, 0.15) is 29.4 Å². The second kappa shape index (κ2) is 11.6. The monoisotopic (exact) mass is 525 g/mol. The van der Waals surface area contributed by atoms with Crippen LogP contribution in [0.15, 0.2) is 71.9 Å². The number of amides is 2. The van der Waals surface area contributed by atoms with E-state index in [0.717, 1.165) is 17.7 Å². The summed E-state index contributed by atoms with van der Waals surface area (Å²) in [6, 6.07) is 20.9. The Bertz CT molecular complexity index is 1340. The van der Waals surface area contributed by atoms with Gasteiger partial charge in [0, 0.05) is 16.5 Å². The van der Waals surface area contributed by atoms with Crippen molar-refractivity contribution in [2.45, 2.75) is 37.7 Å². The highest BCUT2D eigenvalue weighted by molar-refractivity contribution is 7.98. The Morgan fingerprint density at radius 3 is 2.66 bits per heavy atom. The van der Waals surface area contributed by atoms with E-state index in [1.807, 2.05) is 41.0 Å². The van der Waals surface area contributed by atoms with Gasteiger partial charge in [-0.25, -0.2) is 4.79 Å². The lowest BCUT2D eigenvalue weighted by Crippen LogP contribution is -2.29. The molecule has 1 heterocycles. The van der Waals surface area contributed by atoms with E-state index in [1.54, 1.807) is 30.0 Å². The van der Waals surface area contributed by atoms with Crippen molar-refractivity contribution in [3.05, 3.63) is 99.3 Å². The maximum atomic E-state index is 12.6. The smallest absolute Gasteiger partial charge is 0.319 e. The highest BCUT2D eigenvalue weighted by atomic mass is 35.5. The fraction of sp³-hybridized carbons (Fsp3) is 0.192. The SMILES string of the molecule is CCc1cccc(NC(=O)NCc2nnc(SCc3ccccc3C)n2-c2cc(Cl)ccc2Cl)c1. The van der Waals surface area contributed by atoms with E-state index >= 15 is 0 Å². The molecular weight excluding hydrogens is 501 g/mol. The van der Waals surface area contributed by atoms with Crippen molar-refractivity contribution in [2.75, 3.05) is 5.32 Å². The second-order valence-electron chi connectivity index (χ2n) is 7.91. The lowest BCUT2D eigenvalue weighted by molar-refractivity contribution is 0.251. The first-order valence-corrected chi connectivity index (χ1v) is 12.9. The van der Waals surface area contributed by atoms with Crippen molar-refractivity contribution in [1.82, 2.24) is 20.1 Å². The van der Waals surface area contributed by atoms with Crippen LogP contribution in [0, 0.1) is 6.92 Å². The minimum absolute atomic E-state index is 0.153. The van der Waals surface area contributed by atoms with E-state index < -0.39 is 0 Å². The number of halogens is 2. The molecule has 35 heavy (non-hydrogen) atoms. The van der Waals surface area contributed by atoms with Crippen molar-refractivity contribution in [1.29, 1.82) is 0 Å². The fourth-order valence-corrected chi connectivity index (χ4v) is 4.93. The second-order valence-corrected chi connectivity index (χ2v) is 9.69. The topological polar surface area (TPSA) is 71.8 Å². The predicted molar refractivity (Wildman–Crippen MR) is 144 cm³/mol. The van der Waals surface area contributed by atoms with Crippen LogP contribution in [0.2, 0.25) is 10.0 Å². The number of thioether (sulfide) groups is 1. The molecule has 4 rings (SSSR count). The van der Waals surface area contributed by atoms with Gasteiger partial charge in [-0.1, -0.05) is 78.3 Å². The first-order valence-electron chi connectivity index (χ1n) is 11.2. The van der Waals surface area contributed by atoms with E-state index in [4.69, 9.17) is 23.2 Å². The fourth-order valence-electron chi connectivity index (χ4n) is 3.53. The van der Waals surface area contributed by atoms with Crippen LogP contribution in [0.4, 0.5) is 10.5 Å². The number of hydrogen-bond acceptors (Lipinski definition) is 4. The number of aromatic nitrogens is 3. The molecule has 2 amide bonds. The highest BCUT2D eigenvalue weighted by Gasteiger charge is 2.18. The maximum Gasteiger partial charge on any atom is 0.319 e. The van der Waals surface area contributed by atoms with Crippen LogP contribution in [-0.2, 0) is 18.7 Å². The number of rotatable bonds is 8. The largest absolute Gasteiger partial charge is 0.331 e. The molecule has 3 aromatic carbocycles. The minimum atomic E-state index is -0.334. The summed E-state index contributed by atoms with van der Waals surface area (Å²) in [5, 5.41) is 16.2. The molecule has 0 aliphatic heterocycles. The van der Waals surface area contributed by atoms with Crippen molar-refractivity contribution < 1.29 is 4.79 Å². The molecule has 1 aromatic heterocycles. The lowest BCUT2D eigenvalue weighted by atomic mass is 10.1. The molecular formula is C26H25Cl2N5OS. The summed E-state index contributed by atoms with van der Waals surface area (Å²) in [5.41, 5.74) is 4.95. The average Bonchev–Trinajstić information content (AvgIpc) is 3.26. The first-order chi connectivity index (χ1) is 16.9. The van der Waals surface area contributed by atoms with Gasteiger partial charge in [-0.15, -0.1) is 10.2 Å². The molecule has 0 spiro atoms. The Labute approximate surface area is 219 Å². The molecule has 2 N–H and O–H groups in total. The van der Waals surface area contributed by atoms with Crippen molar-refractivity contribution >= 4 is 46.7 Å². The first kappa shape index (κ1) is 25.1. The van der Waals surface area contributed by atoms with Crippen LogP contribution < -0.4 is 10.6 Å². The van der Waals surface area contributed by atoms with E-state index in [9.17, 15) is 4.79 Å². The van der Waals surface area contributed by atoms with Gasteiger partial charge in [0.1, 0.15) is 0 Å². The molecule has 0 bridgehead atoms. The summed E-state index contributed by atoms with van der Waals surface area (Å²) in [7, 11) is 0. The molecule has 0 saturated carbocycles. The van der Waals surface area contributed by atoms with E-state index in [1.165, 1.54) is 11.1 Å². The summed E-state index contributed by atoms with van der Waals surface area (Å²) >= 11 is 14.3. The number of aryl methyl sites for hydroxylation is 2. The van der Waals surface area contributed by atoms with Crippen LogP contribution >= 0.6 is 35.0 Å². The summed E-state index contributed by atoms with van der Waals surface area (Å²) < 4.78 is 1.84. The lowest BCUT2D eigenvalue weighted by Gasteiger charge is -2.14. The summed E-state index contributed by atoms with van der Waals surface area (Å²) in [6.45, 7) is 4.31. The van der Waals surface area contributed by atoms with Gasteiger partial charge in [0.25, 0.3) is 0 Å². The molecule has 0 saturated heterocycles. The number of nitrogens with one attached hydrogen (secondary N) is 2. The van der Waals surface area contributed by atoms with Gasteiger partial charge in [0.2, 0.25) is 0 Å². The zero-order valence-corrected chi connectivity index (χ0v) is 21.7. The predicted octanol–water partition coefficient (Wildman–Crippen LogP) is 7.06. The Morgan fingerprint density at radius 2 is 1.86 bits per heavy atom. The van der Waals surface area contributed by atoms with Crippen molar-refractivity contribution in [3.8, 4) is 5.69 Å². The maximum absolute atomic E-state index is 12.6. The van der Waals surface area contributed by atoms with Crippen molar-refractivity contribution in [2.24, 2.45) is 0 Å². The van der Waals surface area contributed by atoms with Gasteiger partial charge in [0.15, 0.2) is 11.0 Å².